The standard InChI is InChI=1S/C16H15F3N2O3/c17-16(18,19)10-3-1-2-9(6-10)7-14(23)21(11-4-5-11)12-8-13(22)20-15(12)24/h1-3,6,11-12H,4-5,7-8H2,(H,20,22,24)/t12-/m0/s1. The lowest BCUT2D eigenvalue weighted by Crippen LogP contribution is -2.46. The monoisotopic (exact) mass is 340 g/mol. The summed E-state index contributed by atoms with van der Waals surface area (Å²) in [6, 6.07) is 3.59. The molecule has 0 radical (unpaired) electrons. The molecule has 0 aromatic heterocycles. The van der Waals surface area contributed by atoms with Gasteiger partial charge >= 0.3 is 6.18 Å². The zero-order valence-corrected chi connectivity index (χ0v) is 12.6. The second-order valence-electron chi connectivity index (χ2n) is 6.04. The molecule has 0 unspecified atom stereocenters. The van der Waals surface area contributed by atoms with Crippen LogP contribution in [0.5, 0.6) is 0 Å². The maximum Gasteiger partial charge on any atom is 0.416 e. The first-order chi connectivity index (χ1) is 11.3. The summed E-state index contributed by atoms with van der Waals surface area (Å²) in [5.74, 6) is -1.40. The van der Waals surface area contributed by atoms with Crippen LogP contribution in [0, 0.1) is 0 Å². The molecule has 1 atom stereocenters. The lowest BCUT2D eigenvalue weighted by molar-refractivity contribution is -0.139. The smallest absolute Gasteiger partial charge is 0.327 e. The molecule has 0 spiro atoms. The van der Waals surface area contributed by atoms with Gasteiger partial charge in [-0.15, -0.1) is 0 Å². The highest BCUT2D eigenvalue weighted by molar-refractivity contribution is 6.07. The van der Waals surface area contributed by atoms with Crippen molar-refractivity contribution in [2.45, 2.75) is 43.9 Å². The second-order valence-corrected chi connectivity index (χ2v) is 6.04. The van der Waals surface area contributed by atoms with E-state index in [-0.39, 0.29) is 24.4 Å². The summed E-state index contributed by atoms with van der Waals surface area (Å²) in [6.07, 6.45) is -3.35. The van der Waals surface area contributed by atoms with Gasteiger partial charge in [0, 0.05) is 6.04 Å². The molecule has 1 saturated heterocycles. The minimum Gasteiger partial charge on any atom is -0.327 e. The van der Waals surface area contributed by atoms with Gasteiger partial charge in [-0.05, 0) is 24.5 Å². The first-order valence-corrected chi connectivity index (χ1v) is 7.56. The minimum atomic E-state index is -4.48. The molecular weight excluding hydrogens is 325 g/mol. The van der Waals surface area contributed by atoms with Gasteiger partial charge in [-0.3, -0.25) is 19.7 Å². The predicted octanol–water partition coefficient (Wildman–Crippen LogP) is 1.65. The van der Waals surface area contributed by atoms with E-state index in [9.17, 15) is 27.6 Å². The molecule has 2 aliphatic rings. The molecule has 1 aliphatic heterocycles. The van der Waals surface area contributed by atoms with Crippen molar-refractivity contribution in [2.75, 3.05) is 0 Å². The van der Waals surface area contributed by atoms with Crippen LogP contribution in [-0.4, -0.2) is 34.7 Å². The predicted molar refractivity (Wildman–Crippen MR) is 76.6 cm³/mol. The maximum atomic E-state index is 12.8. The van der Waals surface area contributed by atoms with E-state index < -0.39 is 35.5 Å². The fourth-order valence-corrected chi connectivity index (χ4v) is 2.87. The highest BCUT2D eigenvalue weighted by Gasteiger charge is 2.44. The molecule has 1 N–H and O–H groups in total. The third kappa shape index (κ3) is 3.42. The molecule has 128 valence electrons. The highest BCUT2D eigenvalue weighted by atomic mass is 19.4. The van der Waals surface area contributed by atoms with Gasteiger partial charge in [-0.25, -0.2) is 0 Å². The van der Waals surface area contributed by atoms with Gasteiger partial charge in [0.25, 0.3) is 0 Å². The number of rotatable bonds is 4. The third-order valence-electron chi connectivity index (χ3n) is 4.12. The number of imide groups is 1. The van der Waals surface area contributed by atoms with Gasteiger partial charge in [-0.1, -0.05) is 18.2 Å². The largest absolute Gasteiger partial charge is 0.416 e. The van der Waals surface area contributed by atoms with Crippen molar-refractivity contribution in [1.29, 1.82) is 0 Å². The van der Waals surface area contributed by atoms with Crippen molar-refractivity contribution < 1.29 is 27.6 Å². The van der Waals surface area contributed by atoms with Gasteiger partial charge in [0.15, 0.2) is 0 Å². The molecule has 24 heavy (non-hydrogen) atoms. The molecule has 0 bridgehead atoms. The molecule has 1 heterocycles. The molecule has 3 rings (SSSR count). The zero-order valence-electron chi connectivity index (χ0n) is 12.6. The molecule has 3 amide bonds. The Morgan fingerprint density at radius 2 is 1.96 bits per heavy atom. The normalized spacial score (nSPS) is 20.9. The van der Waals surface area contributed by atoms with Gasteiger partial charge in [-0.2, -0.15) is 13.2 Å². The Hall–Kier alpha value is -2.38. The average molecular weight is 340 g/mol. The Morgan fingerprint density at radius 1 is 1.25 bits per heavy atom. The number of nitrogens with zero attached hydrogens (tertiary/aromatic N) is 1. The summed E-state index contributed by atoms with van der Waals surface area (Å²) >= 11 is 0. The molecule has 1 aliphatic carbocycles. The highest BCUT2D eigenvalue weighted by Crippen LogP contribution is 2.32. The van der Waals surface area contributed by atoms with Crippen LogP contribution in [0.2, 0.25) is 0 Å². The van der Waals surface area contributed by atoms with Crippen LogP contribution in [-0.2, 0) is 27.0 Å². The summed E-state index contributed by atoms with van der Waals surface area (Å²) in [5, 5.41) is 2.16. The number of hydrogen-bond acceptors (Lipinski definition) is 3. The first-order valence-electron chi connectivity index (χ1n) is 7.56. The number of carbonyl (C=O) groups excluding carboxylic acids is 3. The van der Waals surface area contributed by atoms with E-state index in [0.717, 1.165) is 25.0 Å². The van der Waals surface area contributed by atoms with Crippen molar-refractivity contribution >= 4 is 17.7 Å². The maximum absolute atomic E-state index is 12.8. The Balaban J connectivity index is 1.77. The number of amides is 3. The van der Waals surface area contributed by atoms with E-state index in [1.807, 2.05) is 0 Å². The molecule has 2 fully saturated rings. The number of hydrogen-bond donors (Lipinski definition) is 1. The third-order valence-corrected chi connectivity index (χ3v) is 4.12. The Bertz CT molecular complexity index is 698. The second kappa shape index (κ2) is 5.92. The van der Waals surface area contributed by atoms with Gasteiger partial charge in [0.2, 0.25) is 17.7 Å². The molecule has 1 aromatic carbocycles. The van der Waals surface area contributed by atoms with E-state index in [2.05, 4.69) is 5.32 Å². The van der Waals surface area contributed by atoms with Gasteiger partial charge in [0.1, 0.15) is 6.04 Å². The number of halogens is 3. The first kappa shape index (κ1) is 16.5. The van der Waals surface area contributed by atoms with Gasteiger partial charge in [0.05, 0.1) is 18.4 Å². The summed E-state index contributed by atoms with van der Waals surface area (Å²) < 4.78 is 38.3. The Morgan fingerprint density at radius 3 is 2.50 bits per heavy atom. The van der Waals surface area contributed by atoms with E-state index in [0.29, 0.717) is 0 Å². The Labute approximate surface area is 135 Å². The molecule has 5 nitrogen and oxygen atoms in total. The molecular formula is C16H15F3N2O3. The van der Waals surface area contributed by atoms with Crippen molar-refractivity contribution in [3.63, 3.8) is 0 Å². The van der Waals surface area contributed by atoms with Crippen molar-refractivity contribution in [2.24, 2.45) is 0 Å². The average Bonchev–Trinajstić information content (AvgIpc) is 3.25. The molecule has 1 saturated carbocycles. The van der Waals surface area contributed by atoms with Crippen LogP contribution in [0.15, 0.2) is 24.3 Å². The number of carbonyl (C=O) groups is 3. The van der Waals surface area contributed by atoms with Crippen LogP contribution in [0.25, 0.3) is 0 Å². The summed E-state index contributed by atoms with van der Waals surface area (Å²) in [6.45, 7) is 0. The lowest BCUT2D eigenvalue weighted by Gasteiger charge is -2.27. The van der Waals surface area contributed by atoms with Crippen LogP contribution < -0.4 is 5.32 Å². The number of alkyl halides is 3. The van der Waals surface area contributed by atoms with Crippen LogP contribution in [0.4, 0.5) is 13.2 Å². The summed E-state index contributed by atoms with van der Waals surface area (Å²) in [5.41, 5.74) is -0.593. The quantitative estimate of drug-likeness (QED) is 0.848. The van der Waals surface area contributed by atoms with Gasteiger partial charge < -0.3 is 4.90 Å². The van der Waals surface area contributed by atoms with E-state index in [1.54, 1.807) is 0 Å². The summed E-state index contributed by atoms with van der Waals surface area (Å²) in [7, 11) is 0. The zero-order chi connectivity index (χ0) is 17.5. The van der Waals surface area contributed by atoms with Crippen LogP contribution >= 0.6 is 0 Å². The molecule has 8 heteroatoms. The van der Waals surface area contributed by atoms with Crippen LogP contribution in [0.3, 0.4) is 0 Å². The van der Waals surface area contributed by atoms with E-state index in [4.69, 9.17) is 0 Å². The SMILES string of the molecule is O=C1C[C@H](N(C(=O)Cc2cccc(C(F)(F)F)c2)C2CC2)C(=O)N1. The lowest BCUT2D eigenvalue weighted by atomic mass is 10.1. The number of nitrogens with one attached hydrogen (secondary N) is 1. The number of benzene rings is 1. The molecule has 1 aromatic rings. The van der Waals surface area contributed by atoms with Crippen LogP contribution in [0.1, 0.15) is 30.4 Å². The minimum absolute atomic E-state index is 0.0936. The van der Waals surface area contributed by atoms with Crippen molar-refractivity contribution in [3.05, 3.63) is 35.4 Å². The Kier molecular flexibility index (Phi) is 4.06. The summed E-state index contributed by atoms with van der Waals surface area (Å²) in [4.78, 5) is 37.1. The fraction of sp³-hybridized carbons (Fsp3) is 0.438. The van der Waals surface area contributed by atoms with Crippen molar-refractivity contribution in [3.8, 4) is 0 Å². The van der Waals surface area contributed by atoms with E-state index in [1.165, 1.54) is 17.0 Å². The van der Waals surface area contributed by atoms with Crippen molar-refractivity contribution in [1.82, 2.24) is 10.2 Å². The topological polar surface area (TPSA) is 66.5 Å². The van der Waals surface area contributed by atoms with E-state index >= 15 is 0 Å². The fourth-order valence-electron chi connectivity index (χ4n) is 2.87.